The number of para-hydroxylation sites is 1. The van der Waals surface area contributed by atoms with Gasteiger partial charge in [0.05, 0.1) is 13.0 Å². The van der Waals surface area contributed by atoms with Crippen molar-refractivity contribution in [3.63, 3.8) is 0 Å². The standard InChI is InChI=1S/C15H15NO3/c16-15(17)10-11-18-12-6-8-14(9-7-12)19-13-4-2-1-3-5-13/h1-9H,10-11H2,(H2,16,17). The predicted molar refractivity (Wildman–Crippen MR) is 72.3 cm³/mol. The van der Waals surface area contributed by atoms with Crippen LogP contribution in [0.25, 0.3) is 0 Å². The highest BCUT2D eigenvalue weighted by Crippen LogP contribution is 2.23. The Balaban J connectivity index is 1.89. The van der Waals surface area contributed by atoms with Crippen LogP contribution in [0.4, 0.5) is 0 Å². The maximum atomic E-state index is 10.6. The third-order valence-electron chi connectivity index (χ3n) is 2.42. The Labute approximate surface area is 111 Å². The molecule has 4 heteroatoms. The molecule has 0 saturated heterocycles. The zero-order valence-corrected chi connectivity index (χ0v) is 10.4. The van der Waals surface area contributed by atoms with Crippen molar-refractivity contribution in [2.24, 2.45) is 5.73 Å². The van der Waals surface area contributed by atoms with E-state index in [4.69, 9.17) is 15.2 Å². The maximum absolute atomic E-state index is 10.6. The summed E-state index contributed by atoms with van der Waals surface area (Å²) in [5.74, 6) is 1.82. The Morgan fingerprint density at radius 1 is 0.895 bits per heavy atom. The van der Waals surface area contributed by atoms with Gasteiger partial charge in [0.1, 0.15) is 17.2 Å². The fourth-order valence-electron chi connectivity index (χ4n) is 1.50. The Hall–Kier alpha value is -2.49. The van der Waals surface area contributed by atoms with Gasteiger partial charge in [-0.25, -0.2) is 0 Å². The molecule has 98 valence electrons. The van der Waals surface area contributed by atoms with Crippen LogP contribution in [0.3, 0.4) is 0 Å². The monoisotopic (exact) mass is 257 g/mol. The van der Waals surface area contributed by atoms with Crippen molar-refractivity contribution in [1.29, 1.82) is 0 Å². The van der Waals surface area contributed by atoms with Crippen molar-refractivity contribution in [2.45, 2.75) is 6.42 Å². The number of carbonyl (C=O) groups is 1. The molecular weight excluding hydrogens is 242 g/mol. The summed E-state index contributed by atoms with van der Waals surface area (Å²) in [6, 6.07) is 16.7. The number of primary amides is 1. The Morgan fingerprint density at radius 2 is 1.47 bits per heavy atom. The normalized spacial score (nSPS) is 9.89. The van der Waals surface area contributed by atoms with Crippen LogP contribution < -0.4 is 15.2 Å². The molecule has 2 N–H and O–H groups in total. The van der Waals surface area contributed by atoms with E-state index in [1.54, 1.807) is 12.1 Å². The summed E-state index contributed by atoms with van der Waals surface area (Å²) in [6.45, 7) is 0.286. The van der Waals surface area contributed by atoms with E-state index in [9.17, 15) is 4.79 Å². The van der Waals surface area contributed by atoms with Crippen molar-refractivity contribution in [3.05, 3.63) is 54.6 Å². The largest absolute Gasteiger partial charge is 0.493 e. The fraction of sp³-hybridized carbons (Fsp3) is 0.133. The number of benzene rings is 2. The second-order valence-corrected chi connectivity index (χ2v) is 3.95. The first kappa shape index (κ1) is 13.0. The lowest BCUT2D eigenvalue weighted by atomic mass is 10.3. The van der Waals surface area contributed by atoms with Crippen molar-refractivity contribution in [3.8, 4) is 17.2 Å². The molecule has 0 aliphatic carbocycles. The SMILES string of the molecule is NC(=O)CCOc1ccc(Oc2ccccc2)cc1. The van der Waals surface area contributed by atoms with Crippen LogP contribution in [-0.4, -0.2) is 12.5 Å². The number of nitrogens with two attached hydrogens (primary N) is 1. The molecule has 2 aromatic carbocycles. The van der Waals surface area contributed by atoms with Gasteiger partial charge in [0.25, 0.3) is 0 Å². The number of ether oxygens (including phenoxy) is 2. The lowest BCUT2D eigenvalue weighted by Gasteiger charge is -2.07. The van der Waals surface area contributed by atoms with E-state index in [2.05, 4.69) is 0 Å². The van der Waals surface area contributed by atoms with Crippen molar-refractivity contribution >= 4 is 5.91 Å². The minimum atomic E-state index is -0.371. The zero-order chi connectivity index (χ0) is 13.5. The lowest BCUT2D eigenvalue weighted by molar-refractivity contribution is -0.118. The summed E-state index contributed by atoms with van der Waals surface area (Å²) in [4.78, 5) is 10.6. The molecule has 2 aromatic rings. The molecule has 0 aliphatic heterocycles. The van der Waals surface area contributed by atoms with Gasteiger partial charge in [0.2, 0.25) is 5.91 Å². The summed E-state index contributed by atoms with van der Waals surface area (Å²) in [5, 5.41) is 0. The molecule has 0 aromatic heterocycles. The van der Waals surface area contributed by atoms with Crippen LogP contribution in [0, 0.1) is 0 Å². The summed E-state index contributed by atoms with van der Waals surface area (Å²) in [5.41, 5.74) is 5.03. The molecule has 2 rings (SSSR count). The fourth-order valence-corrected chi connectivity index (χ4v) is 1.50. The average molecular weight is 257 g/mol. The molecule has 4 nitrogen and oxygen atoms in total. The van der Waals surface area contributed by atoms with Crippen LogP contribution in [0.2, 0.25) is 0 Å². The van der Waals surface area contributed by atoms with Crippen LogP contribution in [0.5, 0.6) is 17.2 Å². The van der Waals surface area contributed by atoms with E-state index in [-0.39, 0.29) is 18.9 Å². The highest BCUT2D eigenvalue weighted by Gasteiger charge is 1.99. The molecule has 0 aliphatic rings. The number of carbonyl (C=O) groups excluding carboxylic acids is 1. The lowest BCUT2D eigenvalue weighted by Crippen LogP contribution is -2.14. The topological polar surface area (TPSA) is 61.6 Å². The first-order chi connectivity index (χ1) is 9.24. The Kier molecular flexibility index (Phi) is 4.39. The van der Waals surface area contributed by atoms with Gasteiger partial charge in [0, 0.05) is 0 Å². The number of rotatable bonds is 6. The zero-order valence-electron chi connectivity index (χ0n) is 10.4. The summed E-state index contributed by atoms with van der Waals surface area (Å²) >= 11 is 0. The highest BCUT2D eigenvalue weighted by molar-refractivity contribution is 5.73. The number of hydrogen-bond acceptors (Lipinski definition) is 3. The van der Waals surface area contributed by atoms with Crippen molar-refractivity contribution in [2.75, 3.05) is 6.61 Å². The van der Waals surface area contributed by atoms with Gasteiger partial charge >= 0.3 is 0 Å². The van der Waals surface area contributed by atoms with Crippen molar-refractivity contribution < 1.29 is 14.3 Å². The van der Waals surface area contributed by atoms with Crippen LogP contribution in [0.1, 0.15) is 6.42 Å². The van der Waals surface area contributed by atoms with Crippen LogP contribution >= 0.6 is 0 Å². The minimum Gasteiger partial charge on any atom is -0.493 e. The molecule has 0 fully saturated rings. The highest BCUT2D eigenvalue weighted by atomic mass is 16.5. The van der Waals surface area contributed by atoms with E-state index in [1.165, 1.54) is 0 Å². The third-order valence-corrected chi connectivity index (χ3v) is 2.42. The number of amides is 1. The summed E-state index contributed by atoms with van der Waals surface area (Å²) < 4.78 is 11.0. The second kappa shape index (κ2) is 6.44. The molecule has 0 radical (unpaired) electrons. The van der Waals surface area contributed by atoms with Gasteiger partial charge in [-0.3, -0.25) is 4.79 Å². The molecule has 0 atom stereocenters. The van der Waals surface area contributed by atoms with Gasteiger partial charge in [-0.2, -0.15) is 0 Å². The molecule has 19 heavy (non-hydrogen) atoms. The molecule has 0 bridgehead atoms. The molecule has 0 unspecified atom stereocenters. The Morgan fingerprint density at radius 3 is 2.11 bits per heavy atom. The van der Waals surface area contributed by atoms with E-state index in [1.807, 2.05) is 42.5 Å². The van der Waals surface area contributed by atoms with Crippen molar-refractivity contribution in [1.82, 2.24) is 0 Å². The summed E-state index contributed by atoms with van der Waals surface area (Å²) in [7, 11) is 0. The first-order valence-corrected chi connectivity index (χ1v) is 5.98. The first-order valence-electron chi connectivity index (χ1n) is 5.98. The molecule has 0 heterocycles. The van der Waals surface area contributed by atoms with Gasteiger partial charge < -0.3 is 15.2 Å². The Bertz CT molecular complexity index is 523. The van der Waals surface area contributed by atoms with Gasteiger partial charge in [-0.1, -0.05) is 18.2 Å². The molecule has 0 spiro atoms. The van der Waals surface area contributed by atoms with E-state index >= 15 is 0 Å². The predicted octanol–water partition coefficient (Wildman–Crippen LogP) is 2.73. The molecule has 0 saturated carbocycles. The average Bonchev–Trinajstić information content (AvgIpc) is 2.42. The minimum absolute atomic E-state index is 0.211. The molecule has 1 amide bonds. The van der Waals surface area contributed by atoms with Gasteiger partial charge in [0.15, 0.2) is 0 Å². The number of hydrogen-bond donors (Lipinski definition) is 1. The summed E-state index contributed by atoms with van der Waals surface area (Å²) in [6.07, 6.45) is 0.211. The third kappa shape index (κ3) is 4.35. The van der Waals surface area contributed by atoms with Crippen LogP contribution in [-0.2, 0) is 4.79 Å². The van der Waals surface area contributed by atoms with Crippen LogP contribution in [0.15, 0.2) is 54.6 Å². The quantitative estimate of drug-likeness (QED) is 0.865. The second-order valence-electron chi connectivity index (χ2n) is 3.95. The smallest absolute Gasteiger partial charge is 0.220 e. The molecular formula is C15H15NO3. The van der Waals surface area contributed by atoms with Gasteiger partial charge in [-0.15, -0.1) is 0 Å². The van der Waals surface area contributed by atoms with E-state index < -0.39 is 0 Å². The maximum Gasteiger partial charge on any atom is 0.220 e. The van der Waals surface area contributed by atoms with E-state index in [0.717, 1.165) is 11.5 Å². The van der Waals surface area contributed by atoms with Gasteiger partial charge in [-0.05, 0) is 36.4 Å². The van der Waals surface area contributed by atoms with E-state index in [0.29, 0.717) is 5.75 Å².